The van der Waals surface area contributed by atoms with Crippen LogP contribution in [-0.4, -0.2) is 63.7 Å². The zero-order valence-corrected chi connectivity index (χ0v) is 23.6. The molecule has 0 bridgehead atoms. The first-order valence-electron chi connectivity index (χ1n) is 12.8. The first-order chi connectivity index (χ1) is 19.0. The van der Waals surface area contributed by atoms with E-state index < -0.39 is 35.5 Å². The smallest absolute Gasteiger partial charge is 0.333 e. The van der Waals surface area contributed by atoms with E-state index in [9.17, 15) is 14.4 Å². The molecule has 2 rings (SSSR count). The lowest BCUT2D eigenvalue weighted by molar-refractivity contribution is -0.159. The van der Waals surface area contributed by atoms with Gasteiger partial charge < -0.3 is 28.4 Å². The van der Waals surface area contributed by atoms with Gasteiger partial charge in [-0.05, 0) is 51.5 Å². The van der Waals surface area contributed by atoms with E-state index in [1.807, 2.05) is 36.4 Å². The van der Waals surface area contributed by atoms with Crippen LogP contribution in [0.15, 0.2) is 85.0 Å². The SMILES string of the molecule is C=C(C)C(=O)OC(COC(=O)C(=C)CC(C)(C)C(=O)OCC(COc1ccccc1)OC)COc1ccccc1. The van der Waals surface area contributed by atoms with Gasteiger partial charge in [-0.1, -0.05) is 49.6 Å². The summed E-state index contributed by atoms with van der Waals surface area (Å²) in [6.07, 6.45) is -1.38. The van der Waals surface area contributed by atoms with Crippen LogP contribution in [0.25, 0.3) is 0 Å². The van der Waals surface area contributed by atoms with Crippen molar-refractivity contribution in [2.75, 3.05) is 33.5 Å². The van der Waals surface area contributed by atoms with Crippen LogP contribution >= 0.6 is 0 Å². The molecular formula is C31H38O9. The molecule has 2 aromatic rings. The van der Waals surface area contributed by atoms with Gasteiger partial charge in [0.1, 0.15) is 44.0 Å². The van der Waals surface area contributed by atoms with E-state index in [-0.39, 0.29) is 44.0 Å². The Hall–Kier alpha value is -4.11. The molecule has 0 spiro atoms. The molecule has 216 valence electrons. The number of rotatable bonds is 17. The molecule has 9 nitrogen and oxygen atoms in total. The predicted octanol–water partition coefficient (Wildman–Crippen LogP) is 4.71. The van der Waals surface area contributed by atoms with Crippen molar-refractivity contribution in [3.05, 3.63) is 85.0 Å². The number of hydrogen-bond acceptors (Lipinski definition) is 9. The van der Waals surface area contributed by atoms with Crippen LogP contribution < -0.4 is 9.47 Å². The zero-order valence-electron chi connectivity index (χ0n) is 23.6. The average Bonchev–Trinajstić information content (AvgIpc) is 2.94. The number of carbonyl (C=O) groups is 3. The van der Waals surface area contributed by atoms with E-state index in [2.05, 4.69) is 13.2 Å². The van der Waals surface area contributed by atoms with Gasteiger partial charge in [0.25, 0.3) is 0 Å². The molecule has 0 aromatic heterocycles. The number of methoxy groups -OCH3 is 1. The van der Waals surface area contributed by atoms with Crippen LogP contribution in [0.5, 0.6) is 11.5 Å². The average molecular weight is 555 g/mol. The Morgan fingerprint density at radius 2 is 1.25 bits per heavy atom. The molecule has 0 N–H and O–H groups in total. The third-order valence-corrected chi connectivity index (χ3v) is 5.61. The Balaban J connectivity index is 1.85. The highest BCUT2D eigenvalue weighted by molar-refractivity contribution is 5.89. The van der Waals surface area contributed by atoms with Crippen LogP contribution in [0.2, 0.25) is 0 Å². The standard InChI is InChI=1S/C31H38O9/c1-22(2)28(32)40-27(20-37-25-15-11-8-12-16-25)21-38-29(33)23(3)17-31(4,5)30(34)39-19-26(35-6)18-36-24-13-9-7-10-14-24/h7-16,26-27H,1,3,17-21H2,2,4-6H3. The fourth-order valence-electron chi connectivity index (χ4n) is 3.28. The molecule has 0 fully saturated rings. The van der Waals surface area contributed by atoms with Gasteiger partial charge in [0.05, 0.1) is 5.41 Å². The third kappa shape index (κ3) is 11.3. The minimum absolute atomic E-state index is 0.0143. The van der Waals surface area contributed by atoms with E-state index in [1.165, 1.54) is 14.0 Å². The molecule has 0 aliphatic carbocycles. The summed E-state index contributed by atoms with van der Waals surface area (Å²) in [4.78, 5) is 37.5. The monoisotopic (exact) mass is 554 g/mol. The Bertz CT molecular complexity index is 1130. The third-order valence-electron chi connectivity index (χ3n) is 5.61. The number of carbonyl (C=O) groups excluding carboxylic acids is 3. The fourth-order valence-corrected chi connectivity index (χ4v) is 3.28. The summed E-state index contributed by atoms with van der Waals surface area (Å²) in [5.74, 6) is -0.661. The molecule has 2 aromatic carbocycles. The summed E-state index contributed by atoms with van der Waals surface area (Å²) in [6, 6.07) is 18.2. The van der Waals surface area contributed by atoms with E-state index in [1.54, 1.807) is 38.1 Å². The highest BCUT2D eigenvalue weighted by atomic mass is 16.6. The summed E-state index contributed by atoms with van der Waals surface area (Å²) in [5, 5.41) is 0. The second-order valence-electron chi connectivity index (χ2n) is 9.77. The van der Waals surface area contributed by atoms with Gasteiger partial charge in [0.15, 0.2) is 6.10 Å². The van der Waals surface area contributed by atoms with Crippen molar-refractivity contribution in [2.45, 2.75) is 39.4 Å². The Morgan fingerprint density at radius 3 is 1.75 bits per heavy atom. The molecule has 0 heterocycles. The lowest BCUT2D eigenvalue weighted by atomic mass is 9.86. The van der Waals surface area contributed by atoms with Crippen LogP contribution in [0, 0.1) is 5.41 Å². The maximum Gasteiger partial charge on any atom is 0.333 e. The van der Waals surface area contributed by atoms with Gasteiger partial charge in [-0.3, -0.25) is 4.79 Å². The molecule has 0 aliphatic heterocycles. The Morgan fingerprint density at radius 1 is 0.750 bits per heavy atom. The molecule has 0 saturated carbocycles. The Labute approximate surface area is 235 Å². The first kappa shape index (κ1) is 32.1. The van der Waals surface area contributed by atoms with Crippen molar-refractivity contribution in [3.8, 4) is 11.5 Å². The topological polar surface area (TPSA) is 107 Å². The molecule has 0 radical (unpaired) electrons. The molecule has 40 heavy (non-hydrogen) atoms. The first-order valence-corrected chi connectivity index (χ1v) is 12.8. The van der Waals surface area contributed by atoms with E-state index >= 15 is 0 Å². The number of para-hydroxylation sites is 2. The highest BCUT2D eigenvalue weighted by Gasteiger charge is 2.33. The number of benzene rings is 2. The van der Waals surface area contributed by atoms with Crippen molar-refractivity contribution >= 4 is 17.9 Å². The van der Waals surface area contributed by atoms with Gasteiger partial charge in [0, 0.05) is 18.3 Å². The quantitative estimate of drug-likeness (QED) is 0.156. The highest BCUT2D eigenvalue weighted by Crippen LogP contribution is 2.27. The van der Waals surface area contributed by atoms with Crippen molar-refractivity contribution in [1.82, 2.24) is 0 Å². The lowest BCUT2D eigenvalue weighted by Crippen LogP contribution is -2.34. The predicted molar refractivity (Wildman–Crippen MR) is 149 cm³/mol. The molecule has 9 heteroatoms. The van der Waals surface area contributed by atoms with E-state index in [0.29, 0.717) is 11.5 Å². The summed E-state index contributed by atoms with van der Waals surface area (Å²) < 4.78 is 32.8. The van der Waals surface area contributed by atoms with Crippen molar-refractivity contribution in [1.29, 1.82) is 0 Å². The zero-order chi connectivity index (χ0) is 29.5. The van der Waals surface area contributed by atoms with Crippen LogP contribution in [0.1, 0.15) is 27.2 Å². The summed E-state index contributed by atoms with van der Waals surface area (Å²) in [5.41, 5.74) is -0.814. The van der Waals surface area contributed by atoms with Crippen LogP contribution in [0.3, 0.4) is 0 Å². The minimum atomic E-state index is -1.07. The molecule has 2 unspecified atom stereocenters. The second-order valence-corrected chi connectivity index (χ2v) is 9.77. The number of esters is 3. The minimum Gasteiger partial charge on any atom is -0.491 e. The van der Waals surface area contributed by atoms with Gasteiger partial charge in [0.2, 0.25) is 0 Å². The molecule has 0 amide bonds. The lowest BCUT2D eigenvalue weighted by Gasteiger charge is -2.25. The fraction of sp³-hybridized carbons (Fsp3) is 0.387. The van der Waals surface area contributed by atoms with Gasteiger partial charge in [-0.15, -0.1) is 0 Å². The van der Waals surface area contributed by atoms with Gasteiger partial charge >= 0.3 is 17.9 Å². The van der Waals surface area contributed by atoms with Crippen molar-refractivity contribution < 1.29 is 42.8 Å². The number of ether oxygens (including phenoxy) is 6. The van der Waals surface area contributed by atoms with Crippen molar-refractivity contribution in [3.63, 3.8) is 0 Å². The molecular weight excluding hydrogens is 516 g/mol. The van der Waals surface area contributed by atoms with Crippen LogP contribution in [-0.2, 0) is 33.3 Å². The molecule has 0 aliphatic rings. The van der Waals surface area contributed by atoms with Crippen LogP contribution in [0.4, 0.5) is 0 Å². The summed E-state index contributed by atoms with van der Waals surface area (Å²) in [7, 11) is 1.50. The Kier molecular flexibility index (Phi) is 12.9. The van der Waals surface area contributed by atoms with E-state index in [4.69, 9.17) is 28.4 Å². The van der Waals surface area contributed by atoms with E-state index in [0.717, 1.165) is 0 Å². The maximum atomic E-state index is 12.8. The maximum absolute atomic E-state index is 12.8. The van der Waals surface area contributed by atoms with Gasteiger partial charge in [-0.25, -0.2) is 9.59 Å². The summed E-state index contributed by atoms with van der Waals surface area (Å²) in [6.45, 7) is 12.0. The van der Waals surface area contributed by atoms with Gasteiger partial charge in [-0.2, -0.15) is 0 Å². The second kappa shape index (κ2) is 16.1. The summed E-state index contributed by atoms with van der Waals surface area (Å²) >= 11 is 0. The molecule has 2 atom stereocenters. The normalized spacial score (nSPS) is 12.4. The molecule has 0 saturated heterocycles. The largest absolute Gasteiger partial charge is 0.491 e. The number of hydrogen-bond donors (Lipinski definition) is 0. The van der Waals surface area contributed by atoms with Crippen molar-refractivity contribution in [2.24, 2.45) is 5.41 Å².